The van der Waals surface area contributed by atoms with E-state index in [9.17, 15) is 4.79 Å². The van der Waals surface area contributed by atoms with Crippen LogP contribution in [0.4, 0.5) is 0 Å². The van der Waals surface area contributed by atoms with Crippen LogP contribution in [-0.4, -0.2) is 55.2 Å². The van der Waals surface area contributed by atoms with Crippen molar-refractivity contribution in [3.05, 3.63) is 35.4 Å². The van der Waals surface area contributed by atoms with E-state index in [1.807, 2.05) is 31.3 Å². The Kier molecular flexibility index (Phi) is 5.98. The molecule has 0 aliphatic carbocycles. The quantitative estimate of drug-likeness (QED) is 0.603. The van der Waals surface area contributed by atoms with Gasteiger partial charge in [0.2, 0.25) is 0 Å². The lowest BCUT2D eigenvalue weighted by Gasteiger charge is -2.62. The molecule has 1 aromatic rings. The number of guanidine groups is 1. The monoisotopic (exact) mass is 386 g/mol. The minimum atomic E-state index is -0.0487. The molecule has 2 saturated heterocycles. The minimum Gasteiger partial charge on any atom is -0.376 e. The Labute approximate surface area is 168 Å². The fraction of sp³-hybridized carbons (Fsp3) is 0.636. The SMILES string of the molecule is CN=C(NCc1cccc(C(=O)NCC2CCCO2)c1)N1CC(C)(C)C1(C)C. The van der Waals surface area contributed by atoms with E-state index in [1.165, 1.54) is 0 Å². The van der Waals surface area contributed by atoms with Gasteiger partial charge in [-0.15, -0.1) is 0 Å². The number of amides is 1. The van der Waals surface area contributed by atoms with Crippen LogP contribution in [0.3, 0.4) is 0 Å². The van der Waals surface area contributed by atoms with Crippen molar-refractivity contribution in [2.45, 2.75) is 58.7 Å². The van der Waals surface area contributed by atoms with Gasteiger partial charge in [-0.2, -0.15) is 0 Å². The molecule has 2 heterocycles. The minimum absolute atomic E-state index is 0.0487. The van der Waals surface area contributed by atoms with Crippen LogP contribution in [0.1, 0.15) is 56.5 Å². The van der Waals surface area contributed by atoms with Crippen molar-refractivity contribution in [3.63, 3.8) is 0 Å². The number of aliphatic imine (C=N–C) groups is 1. The molecule has 28 heavy (non-hydrogen) atoms. The third-order valence-corrected chi connectivity index (χ3v) is 6.51. The Hall–Kier alpha value is -2.08. The van der Waals surface area contributed by atoms with E-state index >= 15 is 0 Å². The lowest BCUT2D eigenvalue weighted by Crippen LogP contribution is -2.72. The highest BCUT2D eigenvalue weighted by molar-refractivity contribution is 5.94. The van der Waals surface area contributed by atoms with Gasteiger partial charge in [-0.1, -0.05) is 26.0 Å². The highest BCUT2D eigenvalue weighted by Crippen LogP contribution is 2.46. The van der Waals surface area contributed by atoms with Gasteiger partial charge in [0.25, 0.3) is 5.91 Å². The average Bonchev–Trinajstić information content (AvgIpc) is 3.19. The average molecular weight is 387 g/mol. The van der Waals surface area contributed by atoms with Crippen molar-refractivity contribution in [2.24, 2.45) is 10.4 Å². The van der Waals surface area contributed by atoms with Gasteiger partial charge in [-0.3, -0.25) is 9.79 Å². The number of carbonyl (C=O) groups is 1. The molecule has 6 nitrogen and oxygen atoms in total. The summed E-state index contributed by atoms with van der Waals surface area (Å²) < 4.78 is 5.57. The molecule has 0 spiro atoms. The van der Waals surface area contributed by atoms with Crippen molar-refractivity contribution in [1.29, 1.82) is 0 Å². The first-order valence-electron chi connectivity index (χ1n) is 10.2. The van der Waals surface area contributed by atoms with E-state index < -0.39 is 0 Å². The van der Waals surface area contributed by atoms with Gasteiger partial charge in [0.15, 0.2) is 5.96 Å². The van der Waals surface area contributed by atoms with Gasteiger partial charge in [-0.05, 0) is 44.4 Å². The Morgan fingerprint density at radius 2 is 2.07 bits per heavy atom. The Morgan fingerprint density at radius 3 is 2.68 bits per heavy atom. The summed E-state index contributed by atoms with van der Waals surface area (Å²) in [6.45, 7) is 12.1. The molecular formula is C22H34N4O2. The number of carbonyl (C=O) groups excluding carboxylic acids is 1. The molecule has 0 saturated carbocycles. The van der Waals surface area contributed by atoms with E-state index in [-0.39, 0.29) is 23.0 Å². The summed E-state index contributed by atoms with van der Waals surface area (Å²) in [5.41, 5.74) is 2.05. The molecule has 0 radical (unpaired) electrons. The lowest BCUT2D eigenvalue weighted by molar-refractivity contribution is -0.0667. The van der Waals surface area contributed by atoms with E-state index in [2.05, 4.69) is 48.2 Å². The Balaban J connectivity index is 1.56. The molecular weight excluding hydrogens is 352 g/mol. The Morgan fingerprint density at radius 1 is 1.29 bits per heavy atom. The number of benzene rings is 1. The normalized spacial score (nSPS) is 23.2. The summed E-state index contributed by atoms with van der Waals surface area (Å²) in [5.74, 6) is 0.852. The first-order chi connectivity index (χ1) is 13.2. The standard InChI is InChI=1S/C22H34N4O2/c1-21(2)15-26(22(21,3)4)20(23-5)25-13-16-8-6-9-17(12-16)19(27)24-14-18-10-7-11-28-18/h6,8-9,12,18H,7,10-11,13-15H2,1-5H3,(H,23,25)(H,24,27). The largest absolute Gasteiger partial charge is 0.376 e. The van der Waals surface area contributed by atoms with E-state index in [0.717, 1.165) is 37.5 Å². The molecule has 2 aliphatic rings. The number of nitrogens with one attached hydrogen (secondary N) is 2. The molecule has 0 bridgehead atoms. The summed E-state index contributed by atoms with van der Waals surface area (Å²) in [4.78, 5) is 19.2. The second-order valence-corrected chi connectivity index (χ2v) is 8.98. The molecule has 1 amide bonds. The van der Waals surface area contributed by atoms with Crippen molar-refractivity contribution >= 4 is 11.9 Å². The molecule has 3 rings (SSSR count). The second-order valence-electron chi connectivity index (χ2n) is 8.98. The number of nitrogens with zero attached hydrogens (tertiary/aromatic N) is 2. The zero-order chi connectivity index (χ0) is 20.4. The maximum Gasteiger partial charge on any atom is 0.251 e. The predicted octanol–water partition coefficient (Wildman–Crippen LogP) is 2.79. The lowest BCUT2D eigenvalue weighted by atomic mass is 9.65. The van der Waals surface area contributed by atoms with Gasteiger partial charge in [0, 0.05) is 49.8 Å². The van der Waals surface area contributed by atoms with Crippen LogP contribution in [0.5, 0.6) is 0 Å². The van der Waals surface area contributed by atoms with Crippen LogP contribution in [0.25, 0.3) is 0 Å². The molecule has 154 valence electrons. The van der Waals surface area contributed by atoms with Crippen molar-refractivity contribution in [3.8, 4) is 0 Å². The van der Waals surface area contributed by atoms with Crippen molar-refractivity contribution < 1.29 is 9.53 Å². The number of ether oxygens (including phenoxy) is 1. The summed E-state index contributed by atoms with van der Waals surface area (Å²) >= 11 is 0. The first kappa shape index (κ1) is 20.6. The van der Waals surface area contributed by atoms with Gasteiger partial charge >= 0.3 is 0 Å². The van der Waals surface area contributed by atoms with Crippen molar-refractivity contribution in [2.75, 3.05) is 26.7 Å². The van der Waals surface area contributed by atoms with Crippen LogP contribution in [0.2, 0.25) is 0 Å². The molecule has 0 aromatic heterocycles. The second kappa shape index (κ2) is 8.11. The van der Waals surface area contributed by atoms with Crippen LogP contribution in [0.15, 0.2) is 29.3 Å². The summed E-state index contributed by atoms with van der Waals surface area (Å²) in [7, 11) is 1.82. The van der Waals surface area contributed by atoms with Crippen LogP contribution in [0, 0.1) is 5.41 Å². The molecule has 2 aliphatic heterocycles. The topological polar surface area (TPSA) is 66.0 Å². The number of rotatable bonds is 5. The highest BCUT2D eigenvalue weighted by Gasteiger charge is 2.53. The third kappa shape index (κ3) is 4.17. The van der Waals surface area contributed by atoms with Gasteiger partial charge < -0.3 is 20.3 Å². The zero-order valence-electron chi connectivity index (χ0n) is 17.8. The molecule has 6 heteroatoms. The maximum absolute atomic E-state index is 12.4. The fourth-order valence-electron chi connectivity index (χ4n) is 3.81. The van der Waals surface area contributed by atoms with Crippen LogP contribution >= 0.6 is 0 Å². The van der Waals surface area contributed by atoms with Gasteiger partial charge in [0.1, 0.15) is 0 Å². The summed E-state index contributed by atoms with van der Waals surface area (Å²) in [6, 6.07) is 7.75. The van der Waals surface area contributed by atoms with Crippen LogP contribution in [-0.2, 0) is 11.3 Å². The van der Waals surface area contributed by atoms with E-state index in [0.29, 0.717) is 18.7 Å². The third-order valence-electron chi connectivity index (χ3n) is 6.51. The van der Waals surface area contributed by atoms with E-state index in [4.69, 9.17) is 4.74 Å². The number of likely N-dealkylation sites (tertiary alicyclic amines) is 1. The predicted molar refractivity (Wildman–Crippen MR) is 113 cm³/mol. The first-order valence-corrected chi connectivity index (χ1v) is 10.2. The van der Waals surface area contributed by atoms with Crippen LogP contribution < -0.4 is 10.6 Å². The van der Waals surface area contributed by atoms with Crippen molar-refractivity contribution in [1.82, 2.24) is 15.5 Å². The number of hydrogen-bond acceptors (Lipinski definition) is 3. The zero-order valence-corrected chi connectivity index (χ0v) is 17.8. The summed E-state index contributed by atoms with van der Waals surface area (Å²) in [5, 5.41) is 6.43. The fourth-order valence-corrected chi connectivity index (χ4v) is 3.81. The van der Waals surface area contributed by atoms with Gasteiger partial charge in [0.05, 0.1) is 6.10 Å². The van der Waals surface area contributed by atoms with Gasteiger partial charge in [-0.25, -0.2) is 0 Å². The summed E-state index contributed by atoms with van der Waals surface area (Å²) in [6.07, 6.45) is 2.25. The molecule has 2 N–H and O–H groups in total. The Bertz CT molecular complexity index is 736. The number of hydrogen-bond donors (Lipinski definition) is 2. The molecule has 1 unspecified atom stereocenters. The molecule has 2 fully saturated rings. The molecule has 1 aromatic carbocycles. The highest BCUT2D eigenvalue weighted by atomic mass is 16.5. The molecule has 1 atom stereocenters. The maximum atomic E-state index is 12.4. The smallest absolute Gasteiger partial charge is 0.251 e. The van der Waals surface area contributed by atoms with E-state index in [1.54, 1.807) is 0 Å².